The van der Waals surface area contributed by atoms with Crippen molar-refractivity contribution in [2.45, 2.75) is 18.2 Å². The van der Waals surface area contributed by atoms with Gasteiger partial charge in [0.25, 0.3) is 5.91 Å². The molecule has 2 aromatic heterocycles. The third kappa shape index (κ3) is 6.52. The first-order valence-corrected chi connectivity index (χ1v) is 13.3. The monoisotopic (exact) mass is 558 g/mol. The van der Waals surface area contributed by atoms with Crippen molar-refractivity contribution in [3.05, 3.63) is 88.0 Å². The van der Waals surface area contributed by atoms with E-state index in [1.807, 2.05) is 35.7 Å². The molecule has 4 aromatic rings. The number of thiazole rings is 1. The fourth-order valence-corrected chi connectivity index (χ4v) is 5.15. The minimum atomic E-state index is -0.364. The second-order valence-corrected chi connectivity index (χ2v) is 9.99. The largest absolute Gasteiger partial charge is 0.345 e. The van der Waals surface area contributed by atoms with E-state index in [9.17, 15) is 9.59 Å². The van der Waals surface area contributed by atoms with Gasteiger partial charge in [-0.25, -0.2) is 4.98 Å². The van der Waals surface area contributed by atoms with E-state index in [1.54, 1.807) is 22.8 Å². The lowest BCUT2D eigenvalue weighted by atomic mass is 10.2. The minimum absolute atomic E-state index is 0.113. The van der Waals surface area contributed by atoms with E-state index >= 15 is 0 Å². The van der Waals surface area contributed by atoms with Crippen LogP contribution in [0.2, 0.25) is 10.0 Å². The third-order valence-corrected chi connectivity index (χ3v) is 7.11. The average Bonchev–Trinajstić information content (AvgIpc) is 3.49. The molecule has 0 bridgehead atoms. The number of hydrogen-bond donors (Lipinski definition) is 2. The fourth-order valence-electron chi connectivity index (χ4n) is 3.16. The normalized spacial score (nSPS) is 10.7. The molecule has 0 aliphatic heterocycles. The molecule has 0 fully saturated rings. The zero-order valence-electron chi connectivity index (χ0n) is 18.8. The number of nitrogens with zero attached hydrogens (tertiary/aromatic N) is 4. The number of nitrogens with one attached hydrogen (secondary N) is 2. The summed E-state index contributed by atoms with van der Waals surface area (Å²) in [6.07, 6.45) is 1.69. The van der Waals surface area contributed by atoms with Gasteiger partial charge < -0.3 is 15.2 Å². The van der Waals surface area contributed by atoms with E-state index < -0.39 is 0 Å². The Kier molecular flexibility index (Phi) is 8.76. The van der Waals surface area contributed by atoms with Gasteiger partial charge >= 0.3 is 0 Å². The number of carbonyl (C=O) groups excluding carboxylic acids is 2. The van der Waals surface area contributed by atoms with E-state index in [1.165, 1.54) is 29.2 Å². The number of carbonyl (C=O) groups is 2. The van der Waals surface area contributed by atoms with Crippen LogP contribution in [0.4, 0.5) is 5.13 Å². The summed E-state index contributed by atoms with van der Waals surface area (Å²) in [4.78, 5) is 29.5. The van der Waals surface area contributed by atoms with Gasteiger partial charge in [-0.15, -0.1) is 28.1 Å². The molecule has 8 nitrogen and oxygen atoms in total. The summed E-state index contributed by atoms with van der Waals surface area (Å²) >= 11 is 14.6. The first-order valence-electron chi connectivity index (χ1n) is 10.6. The maximum atomic E-state index is 12.5. The molecule has 0 radical (unpaired) electrons. The molecule has 0 spiro atoms. The summed E-state index contributed by atoms with van der Waals surface area (Å²) in [7, 11) is 0. The highest BCUT2D eigenvalue weighted by Crippen LogP contribution is 2.25. The molecular weight excluding hydrogens is 539 g/mol. The van der Waals surface area contributed by atoms with Crippen molar-refractivity contribution < 1.29 is 9.59 Å². The highest BCUT2D eigenvalue weighted by molar-refractivity contribution is 7.99. The molecule has 2 aromatic carbocycles. The molecule has 2 N–H and O–H groups in total. The van der Waals surface area contributed by atoms with Crippen LogP contribution in [0.1, 0.15) is 16.2 Å². The second-order valence-electron chi connectivity index (χ2n) is 7.35. The van der Waals surface area contributed by atoms with Gasteiger partial charge in [0.2, 0.25) is 5.91 Å². The highest BCUT2D eigenvalue weighted by Gasteiger charge is 2.17. The van der Waals surface area contributed by atoms with Crippen LogP contribution in [0.25, 0.3) is 11.3 Å². The van der Waals surface area contributed by atoms with Crippen LogP contribution in [0.3, 0.4) is 0 Å². The number of thioether (sulfide) groups is 1. The van der Waals surface area contributed by atoms with E-state index in [2.05, 4.69) is 32.4 Å². The summed E-state index contributed by atoms with van der Waals surface area (Å²) in [5, 5.41) is 17.6. The minimum Gasteiger partial charge on any atom is -0.345 e. The fraction of sp³-hybridized carbons (Fsp3) is 0.125. The van der Waals surface area contributed by atoms with Crippen LogP contribution in [0, 0.1) is 0 Å². The van der Waals surface area contributed by atoms with E-state index in [-0.39, 0.29) is 29.1 Å². The number of aromatic nitrogens is 4. The SMILES string of the molecule is C=CCn1c(CNC(=O)c2ccc(Cl)cc2Cl)nnc1SCC(=O)Nc1nc(-c2ccccc2)cs1. The zero-order chi connectivity index (χ0) is 25.5. The van der Waals surface area contributed by atoms with Crippen molar-refractivity contribution in [1.29, 1.82) is 0 Å². The lowest BCUT2D eigenvalue weighted by Crippen LogP contribution is -2.25. The molecule has 0 saturated heterocycles. The second kappa shape index (κ2) is 12.2. The Morgan fingerprint density at radius 3 is 2.69 bits per heavy atom. The summed E-state index contributed by atoms with van der Waals surface area (Å²) in [5.41, 5.74) is 2.10. The van der Waals surface area contributed by atoms with Crippen molar-refractivity contribution in [3.8, 4) is 11.3 Å². The van der Waals surface area contributed by atoms with Crippen LogP contribution in [0.15, 0.2) is 71.7 Å². The topological polar surface area (TPSA) is 102 Å². The van der Waals surface area contributed by atoms with Gasteiger partial charge in [-0.2, -0.15) is 0 Å². The Labute approximate surface area is 225 Å². The maximum Gasteiger partial charge on any atom is 0.253 e. The molecule has 0 saturated carbocycles. The van der Waals surface area contributed by atoms with Gasteiger partial charge in [0.15, 0.2) is 16.1 Å². The van der Waals surface area contributed by atoms with Gasteiger partial charge in [-0.1, -0.05) is 71.4 Å². The lowest BCUT2D eigenvalue weighted by molar-refractivity contribution is -0.113. The first kappa shape index (κ1) is 25.9. The van der Waals surface area contributed by atoms with Crippen LogP contribution in [-0.2, 0) is 17.9 Å². The number of rotatable bonds is 10. The zero-order valence-corrected chi connectivity index (χ0v) is 21.9. The van der Waals surface area contributed by atoms with Crippen molar-refractivity contribution in [3.63, 3.8) is 0 Å². The Morgan fingerprint density at radius 1 is 1.14 bits per heavy atom. The first-order chi connectivity index (χ1) is 17.4. The lowest BCUT2D eigenvalue weighted by Gasteiger charge is -2.09. The smallest absolute Gasteiger partial charge is 0.253 e. The standard InChI is InChI=1S/C24H20Cl2N6O2S2/c1-2-10-32-20(12-27-22(34)17-9-8-16(25)11-18(17)26)30-31-24(32)36-14-21(33)29-23-28-19(13-35-23)15-6-4-3-5-7-15/h2-9,11,13H,1,10,12,14H2,(H,27,34)(H,28,29,33). The van der Waals surface area contributed by atoms with Gasteiger partial charge in [0.1, 0.15) is 0 Å². The van der Waals surface area contributed by atoms with Gasteiger partial charge in [-0.3, -0.25) is 9.59 Å². The third-order valence-electron chi connectivity index (χ3n) is 4.84. The molecule has 2 amide bonds. The Balaban J connectivity index is 1.35. The quantitative estimate of drug-likeness (QED) is 0.195. The van der Waals surface area contributed by atoms with Crippen molar-refractivity contribution in [2.75, 3.05) is 11.1 Å². The summed E-state index contributed by atoms with van der Waals surface area (Å²) in [6.45, 7) is 4.30. The van der Waals surface area contributed by atoms with Crippen molar-refractivity contribution >= 4 is 63.2 Å². The average molecular weight is 560 g/mol. The predicted octanol–water partition coefficient (Wildman–Crippen LogP) is 5.56. The van der Waals surface area contributed by atoms with Gasteiger partial charge in [0, 0.05) is 22.5 Å². The number of allylic oxidation sites excluding steroid dienone is 1. The summed E-state index contributed by atoms with van der Waals surface area (Å²) in [5.74, 6) is 0.0529. The number of benzene rings is 2. The Bertz CT molecular complexity index is 1390. The predicted molar refractivity (Wildman–Crippen MR) is 145 cm³/mol. The van der Waals surface area contributed by atoms with Crippen LogP contribution in [0.5, 0.6) is 0 Å². The molecule has 36 heavy (non-hydrogen) atoms. The highest BCUT2D eigenvalue weighted by atomic mass is 35.5. The van der Waals surface area contributed by atoms with Crippen LogP contribution >= 0.6 is 46.3 Å². The maximum absolute atomic E-state index is 12.5. The molecule has 4 rings (SSSR count). The number of hydrogen-bond acceptors (Lipinski definition) is 7. The summed E-state index contributed by atoms with van der Waals surface area (Å²) < 4.78 is 1.78. The molecule has 0 aliphatic carbocycles. The van der Waals surface area contributed by atoms with Crippen molar-refractivity contribution in [2.24, 2.45) is 0 Å². The Hall–Kier alpha value is -3.18. The van der Waals surface area contributed by atoms with E-state index in [4.69, 9.17) is 23.2 Å². The number of amides is 2. The number of halogens is 2. The Morgan fingerprint density at radius 2 is 1.94 bits per heavy atom. The molecular formula is C24H20Cl2N6O2S2. The number of anilines is 1. The summed E-state index contributed by atoms with van der Waals surface area (Å²) in [6, 6.07) is 14.4. The molecule has 0 atom stereocenters. The van der Waals surface area contributed by atoms with E-state index in [0.29, 0.717) is 33.2 Å². The van der Waals surface area contributed by atoms with Crippen LogP contribution in [-0.4, -0.2) is 37.3 Å². The van der Waals surface area contributed by atoms with Crippen molar-refractivity contribution in [1.82, 2.24) is 25.1 Å². The van der Waals surface area contributed by atoms with Gasteiger partial charge in [0.05, 0.1) is 28.6 Å². The molecule has 12 heteroatoms. The molecule has 2 heterocycles. The van der Waals surface area contributed by atoms with Gasteiger partial charge in [-0.05, 0) is 18.2 Å². The molecule has 0 unspecified atom stereocenters. The molecule has 184 valence electrons. The van der Waals surface area contributed by atoms with Crippen LogP contribution < -0.4 is 10.6 Å². The van der Waals surface area contributed by atoms with E-state index in [0.717, 1.165) is 11.3 Å². The molecule has 0 aliphatic rings.